The smallest absolute Gasteiger partial charge is 0.356 e. The van der Waals surface area contributed by atoms with Gasteiger partial charge in [0.15, 0.2) is 17.3 Å². The molecular weight excluding hydrogens is 470 g/mol. The number of aromatic nitrogens is 2. The van der Waals surface area contributed by atoms with E-state index in [1.807, 2.05) is 13.8 Å². The van der Waals surface area contributed by atoms with E-state index < -0.39 is 17.6 Å². The number of anilines is 2. The summed E-state index contributed by atoms with van der Waals surface area (Å²) in [7, 11) is 1.29. The van der Waals surface area contributed by atoms with Gasteiger partial charge in [0.2, 0.25) is 5.91 Å². The van der Waals surface area contributed by atoms with E-state index in [-0.39, 0.29) is 30.2 Å². The predicted molar refractivity (Wildman–Crippen MR) is 132 cm³/mol. The van der Waals surface area contributed by atoms with Crippen LogP contribution in [-0.2, 0) is 27.4 Å². The molecule has 1 aliphatic heterocycles. The number of rotatable bonds is 9. The molecule has 1 aromatic carbocycles. The van der Waals surface area contributed by atoms with Crippen LogP contribution in [0.4, 0.5) is 20.2 Å². The Morgan fingerprint density at radius 2 is 2.08 bits per heavy atom. The number of methoxy groups -OCH3 is 1. The third-order valence-corrected chi connectivity index (χ3v) is 6.48. The van der Waals surface area contributed by atoms with E-state index in [0.717, 1.165) is 25.0 Å². The van der Waals surface area contributed by atoms with Gasteiger partial charge in [-0.1, -0.05) is 19.9 Å². The van der Waals surface area contributed by atoms with Crippen molar-refractivity contribution in [2.24, 2.45) is 5.92 Å². The van der Waals surface area contributed by atoms with E-state index in [2.05, 4.69) is 15.6 Å². The van der Waals surface area contributed by atoms with Crippen molar-refractivity contribution in [1.82, 2.24) is 9.55 Å². The molecule has 1 saturated heterocycles. The Morgan fingerprint density at radius 1 is 1.28 bits per heavy atom. The fraction of sp³-hybridized carbons (Fsp3) is 0.423. The van der Waals surface area contributed by atoms with Crippen LogP contribution in [0.2, 0.25) is 0 Å². The molecule has 192 valence electrons. The number of fused-ring (bicyclic) bond motifs is 1. The largest absolute Gasteiger partial charge is 0.464 e. The molecule has 1 amide bonds. The number of ether oxygens (including phenoxy) is 2. The molecule has 0 bridgehead atoms. The van der Waals surface area contributed by atoms with E-state index in [1.54, 1.807) is 16.8 Å². The minimum absolute atomic E-state index is 0.0879. The van der Waals surface area contributed by atoms with Gasteiger partial charge in [-0.15, -0.1) is 0 Å². The number of benzene rings is 1. The van der Waals surface area contributed by atoms with Crippen LogP contribution in [0.1, 0.15) is 49.2 Å². The highest BCUT2D eigenvalue weighted by Crippen LogP contribution is 2.34. The monoisotopic (exact) mass is 500 g/mol. The second-order valence-corrected chi connectivity index (χ2v) is 8.96. The molecule has 0 unspecified atom stereocenters. The summed E-state index contributed by atoms with van der Waals surface area (Å²) in [6.45, 7) is 4.98. The lowest BCUT2D eigenvalue weighted by atomic mass is 10.1. The zero-order valence-corrected chi connectivity index (χ0v) is 20.6. The van der Waals surface area contributed by atoms with Gasteiger partial charge in [-0.3, -0.25) is 4.79 Å². The van der Waals surface area contributed by atoms with Gasteiger partial charge in [0.1, 0.15) is 5.65 Å². The highest BCUT2D eigenvalue weighted by Gasteiger charge is 2.29. The van der Waals surface area contributed by atoms with Crippen molar-refractivity contribution < 1.29 is 27.8 Å². The fourth-order valence-corrected chi connectivity index (χ4v) is 4.21. The fourth-order valence-electron chi connectivity index (χ4n) is 4.21. The van der Waals surface area contributed by atoms with Crippen LogP contribution < -0.4 is 10.6 Å². The van der Waals surface area contributed by atoms with E-state index in [4.69, 9.17) is 9.47 Å². The highest BCUT2D eigenvalue weighted by atomic mass is 19.2. The van der Waals surface area contributed by atoms with E-state index >= 15 is 0 Å². The summed E-state index contributed by atoms with van der Waals surface area (Å²) in [4.78, 5) is 30.4. The molecule has 3 heterocycles. The summed E-state index contributed by atoms with van der Waals surface area (Å²) in [5, 5.41) is 6.62. The lowest BCUT2D eigenvalue weighted by molar-refractivity contribution is -0.119. The minimum atomic E-state index is -0.924. The summed E-state index contributed by atoms with van der Waals surface area (Å²) in [5.41, 5.74) is 2.15. The lowest BCUT2D eigenvalue weighted by Crippen LogP contribution is -2.23. The summed E-state index contributed by atoms with van der Waals surface area (Å²) >= 11 is 0. The second kappa shape index (κ2) is 11.0. The van der Waals surface area contributed by atoms with Crippen molar-refractivity contribution in [2.75, 3.05) is 24.4 Å². The summed E-state index contributed by atoms with van der Waals surface area (Å²) in [6.07, 6.45) is 3.92. The molecule has 2 N–H and O–H groups in total. The number of nitrogens with zero attached hydrogens (tertiary/aromatic N) is 2. The highest BCUT2D eigenvalue weighted by molar-refractivity contribution is 6.11. The average molecular weight is 501 g/mol. The summed E-state index contributed by atoms with van der Waals surface area (Å²) in [5.74, 6) is -2.92. The molecule has 0 aliphatic carbocycles. The topological polar surface area (TPSA) is 94.5 Å². The maximum absolute atomic E-state index is 13.6. The van der Waals surface area contributed by atoms with Crippen molar-refractivity contribution >= 4 is 34.3 Å². The molecule has 36 heavy (non-hydrogen) atoms. The molecule has 0 radical (unpaired) electrons. The van der Waals surface area contributed by atoms with Gasteiger partial charge in [-0.05, 0) is 43.0 Å². The van der Waals surface area contributed by atoms with Crippen LogP contribution in [0.15, 0.2) is 30.5 Å². The van der Waals surface area contributed by atoms with Crippen molar-refractivity contribution in [3.8, 4) is 0 Å². The first kappa shape index (κ1) is 25.6. The maximum atomic E-state index is 13.6. The van der Waals surface area contributed by atoms with Gasteiger partial charge in [0, 0.05) is 24.5 Å². The summed E-state index contributed by atoms with van der Waals surface area (Å²) < 4.78 is 39.5. The van der Waals surface area contributed by atoms with Gasteiger partial charge < -0.3 is 24.7 Å². The Bertz CT molecular complexity index is 1270. The van der Waals surface area contributed by atoms with E-state index in [0.29, 0.717) is 47.5 Å². The molecule has 0 saturated carbocycles. The number of esters is 1. The standard InChI is InChI=1S/C26H30F2N4O4/c1-4-15(2)25(33)31-22-19-11-17(29-12-16-7-8-20(27)21(28)10-16)13-30-24(19)32(23(22)26(34)35-3)14-18-6-5-9-36-18/h7-8,10-11,13,15,18,29H,4-6,9,12,14H2,1-3H3,(H,31,33)/t15-,18+/m1/s1. The number of hydrogen-bond donors (Lipinski definition) is 2. The first-order chi connectivity index (χ1) is 17.3. The lowest BCUT2D eigenvalue weighted by Gasteiger charge is -2.15. The van der Waals surface area contributed by atoms with Crippen LogP contribution in [-0.4, -0.2) is 41.2 Å². The van der Waals surface area contributed by atoms with Crippen molar-refractivity contribution in [3.63, 3.8) is 0 Å². The molecule has 10 heteroatoms. The number of carbonyl (C=O) groups excluding carboxylic acids is 2. The molecule has 8 nitrogen and oxygen atoms in total. The Hall–Kier alpha value is -3.53. The molecule has 3 aromatic rings. The van der Waals surface area contributed by atoms with Crippen LogP contribution >= 0.6 is 0 Å². The van der Waals surface area contributed by atoms with Crippen molar-refractivity contribution in [3.05, 3.63) is 53.4 Å². The summed E-state index contributed by atoms with van der Waals surface area (Å²) in [6, 6.07) is 5.46. The first-order valence-corrected chi connectivity index (χ1v) is 12.0. The van der Waals surface area contributed by atoms with Gasteiger partial charge in [0.05, 0.1) is 37.3 Å². The molecule has 1 aliphatic rings. The minimum Gasteiger partial charge on any atom is -0.464 e. The van der Waals surface area contributed by atoms with Gasteiger partial charge in [0.25, 0.3) is 0 Å². The number of carbonyl (C=O) groups is 2. The Kier molecular flexibility index (Phi) is 7.83. The molecule has 2 atom stereocenters. The van der Waals surface area contributed by atoms with Crippen LogP contribution in [0.3, 0.4) is 0 Å². The maximum Gasteiger partial charge on any atom is 0.356 e. The number of pyridine rings is 1. The van der Waals surface area contributed by atoms with Gasteiger partial charge >= 0.3 is 5.97 Å². The third-order valence-electron chi connectivity index (χ3n) is 6.48. The predicted octanol–water partition coefficient (Wildman–Crippen LogP) is 4.88. The quantitative estimate of drug-likeness (QED) is 0.407. The second-order valence-electron chi connectivity index (χ2n) is 8.96. The zero-order valence-electron chi connectivity index (χ0n) is 20.6. The van der Waals surface area contributed by atoms with Gasteiger partial charge in [-0.25, -0.2) is 18.6 Å². The van der Waals surface area contributed by atoms with Crippen LogP contribution in [0.5, 0.6) is 0 Å². The Labute approximate surface area is 208 Å². The molecule has 1 fully saturated rings. The SMILES string of the molecule is CC[C@@H](C)C(=O)Nc1c(C(=O)OC)n(C[C@@H]2CCCO2)c2ncc(NCc3ccc(F)c(F)c3)cc12. The average Bonchev–Trinajstić information content (AvgIpc) is 3.50. The number of halogens is 2. The van der Waals surface area contributed by atoms with E-state index in [1.165, 1.54) is 13.2 Å². The van der Waals surface area contributed by atoms with Crippen LogP contribution in [0.25, 0.3) is 11.0 Å². The Balaban J connectivity index is 1.76. The van der Waals surface area contributed by atoms with Gasteiger partial charge in [-0.2, -0.15) is 0 Å². The molecule has 4 rings (SSSR count). The number of hydrogen-bond acceptors (Lipinski definition) is 6. The van der Waals surface area contributed by atoms with Crippen molar-refractivity contribution in [2.45, 2.75) is 52.3 Å². The number of nitrogens with one attached hydrogen (secondary N) is 2. The molecule has 0 spiro atoms. The zero-order chi connectivity index (χ0) is 25.8. The Morgan fingerprint density at radius 3 is 2.75 bits per heavy atom. The molecular formula is C26H30F2N4O4. The van der Waals surface area contributed by atoms with Crippen LogP contribution in [0, 0.1) is 17.6 Å². The number of amides is 1. The normalized spacial score (nSPS) is 16.2. The third kappa shape index (κ3) is 5.33. The van der Waals surface area contributed by atoms with E-state index in [9.17, 15) is 18.4 Å². The first-order valence-electron chi connectivity index (χ1n) is 12.0. The molecule has 2 aromatic heterocycles. The van der Waals surface area contributed by atoms with Crippen molar-refractivity contribution in [1.29, 1.82) is 0 Å².